The van der Waals surface area contributed by atoms with Crippen LogP contribution in [0.25, 0.3) is 0 Å². The fourth-order valence-corrected chi connectivity index (χ4v) is 3.32. The highest BCUT2D eigenvalue weighted by Gasteiger charge is 2.28. The third kappa shape index (κ3) is 3.74. The van der Waals surface area contributed by atoms with Gasteiger partial charge in [0.25, 0.3) is 11.8 Å². The van der Waals surface area contributed by atoms with Crippen LogP contribution in [0.4, 0.5) is 0 Å². The van der Waals surface area contributed by atoms with Crippen molar-refractivity contribution in [3.63, 3.8) is 0 Å². The van der Waals surface area contributed by atoms with E-state index in [2.05, 4.69) is 16.9 Å². The molecule has 6 heteroatoms. The van der Waals surface area contributed by atoms with Gasteiger partial charge in [0.1, 0.15) is 0 Å². The van der Waals surface area contributed by atoms with Crippen molar-refractivity contribution in [1.29, 1.82) is 0 Å². The molecule has 2 aromatic heterocycles. The molecule has 2 amide bonds. The fraction of sp³-hybridized carbons (Fsp3) is 0.400. The molecule has 0 atom stereocenters. The molecular formula is C20H24N4O2. The molecular weight excluding hydrogens is 328 g/mol. The van der Waals surface area contributed by atoms with Crippen LogP contribution in [-0.2, 0) is 0 Å². The van der Waals surface area contributed by atoms with Gasteiger partial charge in [0, 0.05) is 51.0 Å². The molecule has 0 aliphatic carbocycles. The standard InChI is InChI=1S/C20H24N4O2/c1-14-12-23(19(25)17-10-21-6-4-15(17)2)8-9-24(13-14)20(26)18-11-22-7-5-16(18)3/h4-7,10-11,14H,8-9,12-13H2,1-3H3. The Balaban J connectivity index is 1.76. The van der Waals surface area contributed by atoms with E-state index in [-0.39, 0.29) is 17.7 Å². The minimum absolute atomic E-state index is 0.0192. The molecule has 0 N–H and O–H groups in total. The maximum absolute atomic E-state index is 12.9. The van der Waals surface area contributed by atoms with Crippen molar-refractivity contribution in [2.75, 3.05) is 26.2 Å². The minimum Gasteiger partial charge on any atom is -0.336 e. The van der Waals surface area contributed by atoms with Gasteiger partial charge in [0.05, 0.1) is 11.1 Å². The first-order valence-electron chi connectivity index (χ1n) is 8.87. The maximum atomic E-state index is 12.9. The Morgan fingerprint density at radius 1 is 0.885 bits per heavy atom. The molecule has 1 aliphatic rings. The number of pyridine rings is 2. The number of aromatic nitrogens is 2. The summed E-state index contributed by atoms with van der Waals surface area (Å²) in [6.07, 6.45) is 6.62. The Morgan fingerprint density at radius 3 is 1.69 bits per heavy atom. The maximum Gasteiger partial charge on any atom is 0.255 e. The molecule has 0 aromatic carbocycles. The van der Waals surface area contributed by atoms with Crippen LogP contribution >= 0.6 is 0 Å². The Kier molecular flexibility index (Phi) is 5.30. The molecule has 136 valence electrons. The number of hydrogen-bond donors (Lipinski definition) is 0. The van der Waals surface area contributed by atoms with Crippen molar-refractivity contribution in [3.8, 4) is 0 Å². The smallest absolute Gasteiger partial charge is 0.255 e. The van der Waals surface area contributed by atoms with E-state index in [9.17, 15) is 9.59 Å². The van der Waals surface area contributed by atoms with Gasteiger partial charge in [0.15, 0.2) is 0 Å². The van der Waals surface area contributed by atoms with Crippen molar-refractivity contribution in [2.45, 2.75) is 20.8 Å². The van der Waals surface area contributed by atoms with Crippen molar-refractivity contribution in [3.05, 3.63) is 59.2 Å². The third-order valence-electron chi connectivity index (χ3n) is 4.82. The average molecular weight is 352 g/mol. The fourth-order valence-electron chi connectivity index (χ4n) is 3.32. The molecule has 0 spiro atoms. The van der Waals surface area contributed by atoms with Gasteiger partial charge in [-0.25, -0.2) is 0 Å². The lowest BCUT2D eigenvalue weighted by atomic mass is 10.1. The van der Waals surface area contributed by atoms with Crippen LogP contribution in [-0.4, -0.2) is 57.8 Å². The summed E-state index contributed by atoms with van der Waals surface area (Å²) in [5.41, 5.74) is 3.09. The quantitative estimate of drug-likeness (QED) is 0.832. The lowest BCUT2D eigenvalue weighted by Gasteiger charge is -2.23. The summed E-state index contributed by atoms with van der Waals surface area (Å²) in [7, 11) is 0. The molecule has 3 rings (SSSR count). The Labute approximate surface area is 153 Å². The number of hydrogen-bond acceptors (Lipinski definition) is 4. The number of nitrogens with zero attached hydrogens (tertiary/aromatic N) is 4. The topological polar surface area (TPSA) is 66.4 Å². The largest absolute Gasteiger partial charge is 0.336 e. The second-order valence-corrected chi connectivity index (χ2v) is 6.99. The van der Waals surface area contributed by atoms with Crippen LogP contribution in [0.3, 0.4) is 0 Å². The summed E-state index contributed by atoms with van der Waals surface area (Å²) >= 11 is 0. The van der Waals surface area contributed by atoms with Crippen molar-refractivity contribution < 1.29 is 9.59 Å². The first-order chi connectivity index (χ1) is 12.5. The highest BCUT2D eigenvalue weighted by atomic mass is 16.2. The van der Waals surface area contributed by atoms with Crippen LogP contribution in [0.15, 0.2) is 36.9 Å². The van der Waals surface area contributed by atoms with Crippen molar-refractivity contribution in [2.24, 2.45) is 5.92 Å². The lowest BCUT2D eigenvalue weighted by Crippen LogP contribution is -2.37. The second-order valence-electron chi connectivity index (χ2n) is 6.99. The van der Waals surface area contributed by atoms with E-state index in [1.165, 1.54) is 0 Å². The van der Waals surface area contributed by atoms with Crippen molar-refractivity contribution >= 4 is 11.8 Å². The van der Waals surface area contributed by atoms with Gasteiger partial charge in [-0.05, 0) is 43.0 Å². The van der Waals surface area contributed by atoms with Gasteiger partial charge in [-0.2, -0.15) is 0 Å². The predicted octanol–water partition coefficient (Wildman–Crippen LogP) is 2.33. The van der Waals surface area contributed by atoms with Crippen LogP contribution < -0.4 is 0 Å². The normalized spacial score (nSPS) is 15.7. The van der Waals surface area contributed by atoms with E-state index in [0.29, 0.717) is 37.3 Å². The molecule has 2 aromatic rings. The zero-order valence-electron chi connectivity index (χ0n) is 15.5. The van der Waals surface area contributed by atoms with Gasteiger partial charge >= 0.3 is 0 Å². The summed E-state index contributed by atoms with van der Waals surface area (Å²) < 4.78 is 0. The van der Waals surface area contributed by atoms with Gasteiger partial charge in [-0.15, -0.1) is 0 Å². The molecule has 0 bridgehead atoms. The number of amides is 2. The molecule has 1 fully saturated rings. The number of carbonyl (C=O) groups excluding carboxylic acids is 2. The molecule has 3 heterocycles. The minimum atomic E-state index is -0.0192. The highest BCUT2D eigenvalue weighted by molar-refractivity contribution is 5.96. The van der Waals surface area contributed by atoms with Crippen LogP contribution in [0.2, 0.25) is 0 Å². The van der Waals surface area contributed by atoms with E-state index in [1.54, 1.807) is 24.8 Å². The molecule has 1 saturated heterocycles. The Hall–Kier alpha value is -2.76. The van der Waals surface area contributed by atoms with Crippen LogP contribution in [0.1, 0.15) is 38.8 Å². The summed E-state index contributed by atoms with van der Waals surface area (Å²) in [6.45, 7) is 8.18. The van der Waals surface area contributed by atoms with Crippen molar-refractivity contribution in [1.82, 2.24) is 19.8 Å². The van der Waals surface area contributed by atoms with E-state index < -0.39 is 0 Å². The number of rotatable bonds is 2. The van der Waals surface area contributed by atoms with E-state index in [1.807, 2.05) is 35.8 Å². The molecule has 26 heavy (non-hydrogen) atoms. The SMILES string of the molecule is Cc1ccncc1C(=O)N1CCN(C(=O)c2cnccc2C)CC(C)C1. The first-order valence-corrected chi connectivity index (χ1v) is 8.87. The highest BCUT2D eigenvalue weighted by Crippen LogP contribution is 2.17. The molecule has 6 nitrogen and oxygen atoms in total. The number of carbonyl (C=O) groups is 2. The van der Waals surface area contributed by atoms with Crippen LogP contribution in [0.5, 0.6) is 0 Å². The molecule has 0 radical (unpaired) electrons. The molecule has 0 unspecified atom stereocenters. The molecule has 1 aliphatic heterocycles. The second kappa shape index (κ2) is 7.64. The monoisotopic (exact) mass is 352 g/mol. The zero-order valence-corrected chi connectivity index (χ0v) is 15.5. The van der Waals surface area contributed by atoms with Gasteiger partial charge in [-0.1, -0.05) is 6.92 Å². The van der Waals surface area contributed by atoms with E-state index >= 15 is 0 Å². The van der Waals surface area contributed by atoms with Crippen LogP contribution in [0, 0.1) is 19.8 Å². The summed E-state index contributed by atoms with van der Waals surface area (Å²) in [5, 5.41) is 0. The van der Waals surface area contributed by atoms with Gasteiger partial charge in [-0.3, -0.25) is 19.6 Å². The first kappa shape index (κ1) is 18.0. The summed E-state index contributed by atoms with van der Waals surface area (Å²) in [4.78, 5) is 37.6. The van der Waals surface area contributed by atoms with Gasteiger partial charge in [0.2, 0.25) is 0 Å². The molecule has 0 saturated carbocycles. The van der Waals surface area contributed by atoms with Gasteiger partial charge < -0.3 is 9.80 Å². The summed E-state index contributed by atoms with van der Waals surface area (Å²) in [6, 6.07) is 3.69. The zero-order chi connectivity index (χ0) is 18.7. The van der Waals surface area contributed by atoms with E-state index in [0.717, 1.165) is 11.1 Å². The third-order valence-corrected chi connectivity index (χ3v) is 4.82. The Bertz CT molecular complexity index is 753. The average Bonchev–Trinajstić information content (AvgIpc) is 2.83. The number of aryl methyl sites for hydroxylation is 2. The lowest BCUT2D eigenvalue weighted by molar-refractivity contribution is 0.0717. The Morgan fingerprint density at radius 2 is 1.31 bits per heavy atom. The van der Waals surface area contributed by atoms with E-state index in [4.69, 9.17) is 0 Å². The summed E-state index contributed by atoms with van der Waals surface area (Å²) in [5.74, 6) is 0.156. The predicted molar refractivity (Wildman–Crippen MR) is 98.9 cm³/mol.